The number of carbonyl (C=O) groups excluding carboxylic acids is 2. The van der Waals surface area contributed by atoms with Crippen LogP contribution >= 0.6 is 0 Å². The summed E-state index contributed by atoms with van der Waals surface area (Å²) < 4.78 is 36.0. The molecule has 11 nitrogen and oxygen atoms in total. The van der Waals surface area contributed by atoms with Crippen LogP contribution in [-0.2, 0) is 34.2 Å². The zero-order valence-corrected chi connectivity index (χ0v) is 16.8. The quantitative estimate of drug-likeness (QED) is 0.457. The molecule has 1 heterocycles. The van der Waals surface area contributed by atoms with Gasteiger partial charge in [-0.1, -0.05) is 12.1 Å². The number of benzene rings is 1. The summed E-state index contributed by atoms with van der Waals surface area (Å²) in [6.07, 6.45) is 0. The normalized spacial score (nSPS) is 10.3. The van der Waals surface area contributed by atoms with Gasteiger partial charge in [-0.2, -0.15) is 15.0 Å². The summed E-state index contributed by atoms with van der Waals surface area (Å²) in [5.74, 6) is -0.807. The number of esters is 1. The van der Waals surface area contributed by atoms with Gasteiger partial charge in [0.1, 0.15) is 10.7 Å². The second-order valence-electron chi connectivity index (χ2n) is 4.74. The number of methoxy groups -OCH3 is 2. The fourth-order valence-electron chi connectivity index (χ4n) is 1.89. The zero-order chi connectivity index (χ0) is 19.3. The third kappa shape index (κ3) is 5.66. The third-order valence-electron chi connectivity index (χ3n) is 2.94. The van der Waals surface area contributed by atoms with Gasteiger partial charge in [0.15, 0.2) is 0 Å². The molecule has 147 valence electrons. The van der Waals surface area contributed by atoms with Crippen molar-refractivity contribution in [1.82, 2.24) is 19.7 Å². The Morgan fingerprint density at radius 3 is 2.37 bits per heavy atom. The number of aromatic nitrogens is 3. The number of hydrogen-bond donors (Lipinski definition) is 2. The van der Waals surface area contributed by atoms with Crippen molar-refractivity contribution >= 4 is 28.0 Å². The first-order valence-electron chi connectivity index (χ1n) is 7.04. The van der Waals surface area contributed by atoms with E-state index in [0.717, 1.165) is 13.2 Å². The molecule has 0 saturated carbocycles. The molecule has 1 radical (unpaired) electrons. The van der Waals surface area contributed by atoms with Gasteiger partial charge < -0.3 is 9.47 Å². The first-order chi connectivity index (χ1) is 12.3. The summed E-state index contributed by atoms with van der Waals surface area (Å²) in [5.41, 5.74) is -0.215. The summed E-state index contributed by atoms with van der Waals surface area (Å²) in [6.45, 7) is 1.54. The van der Waals surface area contributed by atoms with E-state index in [9.17, 15) is 18.0 Å². The molecule has 0 fully saturated rings. The Morgan fingerprint density at radius 1 is 1.07 bits per heavy atom. The van der Waals surface area contributed by atoms with E-state index in [1.807, 2.05) is 0 Å². The minimum Gasteiger partial charge on any atom is -0.467 e. The number of ether oxygens (including phenoxy) is 2. The number of sulfonamides is 1. The van der Waals surface area contributed by atoms with Gasteiger partial charge in [0, 0.05) is 19.5 Å². The van der Waals surface area contributed by atoms with Crippen molar-refractivity contribution in [3.63, 3.8) is 0 Å². The average Bonchev–Trinajstić information content (AvgIpc) is 2.59. The van der Waals surface area contributed by atoms with Crippen molar-refractivity contribution in [2.24, 2.45) is 0 Å². The Kier molecular flexibility index (Phi) is 7.73. The van der Waals surface area contributed by atoms with Gasteiger partial charge >= 0.3 is 18.0 Å². The number of nitrogens with one attached hydrogen (secondary N) is 2. The van der Waals surface area contributed by atoms with Gasteiger partial charge in [-0.3, -0.25) is 5.32 Å². The Bertz CT molecular complexity index is 953. The van der Waals surface area contributed by atoms with Gasteiger partial charge in [-0.05, 0) is 19.1 Å². The summed E-state index contributed by atoms with van der Waals surface area (Å²) in [5, 5.41) is 2.16. The van der Waals surface area contributed by atoms with Crippen LogP contribution in [0.25, 0.3) is 0 Å². The molecular formula is C14H15N5O6RhS. The topological polar surface area (TPSA) is 149 Å². The Hall–Kier alpha value is -2.66. The molecule has 0 aliphatic rings. The van der Waals surface area contributed by atoms with Crippen LogP contribution in [0.2, 0.25) is 0 Å². The predicted octanol–water partition coefficient (Wildman–Crippen LogP) is 0.483. The molecule has 2 rings (SSSR count). The van der Waals surface area contributed by atoms with E-state index >= 15 is 0 Å². The molecule has 0 unspecified atom stereocenters. The zero-order valence-electron chi connectivity index (χ0n) is 14.3. The molecule has 1 aromatic heterocycles. The molecule has 2 N–H and O–H groups in total. The second kappa shape index (κ2) is 9.33. The predicted molar refractivity (Wildman–Crippen MR) is 88.2 cm³/mol. The molecule has 0 aliphatic heterocycles. The average molecular weight is 484 g/mol. The third-order valence-corrected chi connectivity index (χ3v) is 4.33. The van der Waals surface area contributed by atoms with E-state index in [4.69, 9.17) is 4.74 Å². The molecule has 1 aromatic carbocycles. The number of rotatable bonds is 5. The van der Waals surface area contributed by atoms with Crippen molar-refractivity contribution in [3.8, 4) is 6.01 Å². The van der Waals surface area contributed by atoms with E-state index in [1.54, 1.807) is 4.72 Å². The van der Waals surface area contributed by atoms with Crippen LogP contribution < -0.4 is 14.8 Å². The maximum atomic E-state index is 12.4. The monoisotopic (exact) mass is 484 g/mol. The molecule has 0 atom stereocenters. The molecule has 0 spiro atoms. The maximum absolute atomic E-state index is 12.4. The van der Waals surface area contributed by atoms with E-state index < -0.39 is 26.9 Å². The van der Waals surface area contributed by atoms with Gasteiger partial charge in [-0.25, -0.2) is 22.7 Å². The number of nitrogens with zero attached hydrogens (tertiary/aromatic N) is 3. The molecule has 2 aromatic rings. The van der Waals surface area contributed by atoms with Gasteiger partial charge in [0.25, 0.3) is 10.0 Å². The molecule has 13 heteroatoms. The molecule has 27 heavy (non-hydrogen) atoms. The fourth-order valence-corrected chi connectivity index (χ4v) is 2.99. The molecular weight excluding hydrogens is 469 g/mol. The minimum atomic E-state index is -4.36. The van der Waals surface area contributed by atoms with Crippen LogP contribution in [-0.4, -0.2) is 49.6 Å². The minimum absolute atomic E-state index is 0. The summed E-state index contributed by atoms with van der Waals surface area (Å²) in [6, 6.07) is 4.12. The Balaban J connectivity index is 0.00000364. The number of amides is 2. The van der Waals surface area contributed by atoms with Crippen LogP contribution in [0, 0.1) is 6.92 Å². The first-order valence-corrected chi connectivity index (χ1v) is 8.53. The maximum Gasteiger partial charge on any atom is 0.339 e. The van der Waals surface area contributed by atoms with Crippen molar-refractivity contribution < 1.29 is 47.0 Å². The fraction of sp³-hybridized carbons (Fsp3) is 0.214. The van der Waals surface area contributed by atoms with Crippen molar-refractivity contribution in [2.75, 3.05) is 19.5 Å². The van der Waals surface area contributed by atoms with Gasteiger partial charge in [0.05, 0.1) is 19.8 Å². The molecule has 0 saturated heterocycles. The van der Waals surface area contributed by atoms with Crippen LogP contribution in [0.15, 0.2) is 29.2 Å². The standard InChI is InChI=1S/C14H15N5O6S.Rh/c1-8-15-12(18-14(16-8)25-3)17-13(21)19-26(22,23)10-7-5-4-6-9(10)11(20)24-2;/h4-7H,1-3H3,(H2,15,16,17,18,19,21);. The Morgan fingerprint density at radius 2 is 1.74 bits per heavy atom. The van der Waals surface area contributed by atoms with Crippen LogP contribution in [0.3, 0.4) is 0 Å². The summed E-state index contributed by atoms with van der Waals surface area (Å²) in [7, 11) is -1.92. The number of anilines is 1. The molecule has 2 amide bonds. The van der Waals surface area contributed by atoms with Gasteiger partial charge in [0.2, 0.25) is 5.95 Å². The number of aryl methyl sites for hydroxylation is 1. The smallest absolute Gasteiger partial charge is 0.339 e. The first kappa shape index (κ1) is 22.4. The van der Waals surface area contributed by atoms with E-state index in [2.05, 4.69) is 25.0 Å². The number of carbonyl (C=O) groups is 2. The van der Waals surface area contributed by atoms with E-state index in [0.29, 0.717) is 0 Å². The van der Waals surface area contributed by atoms with Gasteiger partial charge in [-0.15, -0.1) is 0 Å². The van der Waals surface area contributed by atoms with Crippen LogP contribution in [0.5, 0.6) is 6.01 Å². The van der Waals surface area contributed by atoms with Crippen LogP contribution in [0.1, 0.15) is 16.2 Å². The Labute approximate surface area is 167 Å². The van der Waals surface area contributed by atoms with E-state index in [1.165, 1.54) is 32.2 Å². The number of hydrogen-bond acceptors (Lipinski definition) is 9. The largest absolute Gasteiger partial charge is 0.467 e. The molecule has 0 bridgehead atoms. The summed E-state index contributed by atoms with van der Waals surface area (Å²) in [4.78, 5) is 34.7. The van der Waals surface area contributed by atoms with Crippen LogP contribution in [0.4, 0.5) is 10.7 Å². The second-order valence-corrected chi connectivity index (χ2v) is 6.39. The van der Waals surface area contributed by atoms with Crippen molar-refractivity contribution in [2.45, 2.75) is 11.8 Å². The van der Waals surface area contributed by atoms with Crippen molar-refractivity contribution in [1.29, 1.82) is 0 Å². The van der Waals surface area contributed by atoms with E-state index in [-0.39, 0.29) is 42.8 Å². The SMILES string of the molecule is COC(=O)c1ccccc1S(=O)(=O)NC(=O)Nc1nc(C)nc(OC)n1.[Rh]. The molecule has 0 aliphatic carbocycles. The van der Waals surface area contributed by atoms with Crippen molar-refractivity contribution in [3.05, 3.63) is 35.7 Å². The number of urea groups is 1. The summed E-state index contributed by atoms with van der Waals surface area (Å²) >= 11 is 0.